The zero-order valence-corrected chi connectivity index (χ0v) is 13.2. The van der Waals surface area contributed by atoms with Gasteiger partial charge in [0.1, 0.15) is 11.6 Å². The van der Waals surface area contributed by atoms with Gasteiger partial charge in [0, 0.05) is 11.1 Å². The van der Waals surface area contributed by atoms with Crippen LogP contribution in [0.4, 0.5) is 10.1 Å². The van der Waals surface area contributed by atoms with Gasteiger partial charge in [-0.05, 0) is 47.9 Å². The maximum absolute atomic E-state index is 13.8. The number of ether oxygens (including phenoxy) is 1. The predicted molar refractivity (Wildman–Crippen MR) is 90.2 cm³/mol. The summed E-state index contributed by atoms with van der Waals surface area (Å²) in [6, 6.07) is 5.86. The van der Waals surface area contributed by atoms with E-state index in [0.717, 1.165) is 11.1 Å². The quantitative estimate of drug-likeness (QED) is 0.669. The van der Waals surface area contributed by atoms with Crippen LogP contribution in [0.5, 0.6) is 5.75 Å². The van der Waals surface area contributed by atoms with Crippen LogP contribution in [0.3, 0.4) is 0 Å². The van der Waals surface area contributed by atoms with E-state index in [-0.39, 0.29) is 5.71 Å². The number of hydrogen-bond acceptors (Lipinski definition) is 4. The molecule has 0 saturated carbocycles. The van der Waals surface area contributed by atoms with Gasteiger partial charge in [-0.25, -0.2) is 4.39 Å². The van der Waals surface area contributed by atoms with E-state index in [2.05, 4.69) is 17.1 Å². The highest BCUT2D eigenvalue weighted by Gasteiger charge is 2.30. The number of rotatable bonds is 3. The van der Waals surface area contributed by atoms with E-state index < -0.39 is 11.7 Å². The Kier molecular flexibility index (Phi) is 3.81. The molecule has 1 heterocycles. The summed E-state index contributed by atoms with van der Waals surface area (Å²) in [6.07, 6.45) is 1.63. The first-order chi connectivity index (χ1) is 11.5. The number of benzene rings is 2. The molecule has 0 radical (unpaired) electrons. The van der Waals surface area contributed by atoms with Crippen LogP contribution in [0.15, 0.2) is 36.0 Å². The Morgan fingerprint density at radius 1 is 1.29 bits per heavy atom. The van der Waals surface area contributed by atoms with E-state index in [9.17, 15) is 9.18 Å². The van der Waals surface area contributed by atoms with Gasteiger partial charge in [0.05, 0.1) is 12.8 Å². The second-order valence-corrected chi connectivity index (χ2v) is 5.34. The van der Waals surface area contributed by atoms with Crippen LogP contribution in [0, 0.1) is 12.7 Å². The van der Waals surface area contributed by atoms with Crippen molar-refractivity contribution in [2.45, 2.75) is 6.92 Å². The Morgan fingerprint density at radius 3 is 2.67 bits per heavy atom. The lowest BCUT2D eigenvalue weighted by atomic mass is 9.91. The van der Waals surface area contributed by atoms with Crippen molar-refractivity contribution in [1.82, 2.24) is 0 Å². The third-order valence-corrected chi connectivity index (χ3v) is 4.09. The Balaban J connectivity index is 2.37. The minimum Gasteiger partial charge on any atom is -0.496 e. The molecule has 2 aromatic carbocycles. The molecule has 0 atom stereocenters. The minimum atomic E-state index is -0.492. The summed E-state index contributed by atoms with van der Waals surface area (Å²) in [7, 11) is 1.50. The number of hydrogen-bond donors (Lipinski definition) is 2. The highest BCUT2D eigenvalue weighted by atomic mass is 19.1. The van der Waals surface area contributed by atoms with Crippen molar-refractivity contribution >= 4 is 23.4 Å². The Bertz CT molecular complexity index is 904. The molecule has 5 nitrogen and oxygen atoms in total. The van der Waals surface area contributed by atoms with Crippen molar-refractivity contribution in [3.8, 4) is 16.9 Å². The first kappa shape index (κ1) is 15.7. The standard InChI is InChI=1S/C18H15FN2O3/c1-4-11-9(2)16-14(17(21-23)18(22)20-16)8-12(11)13-7-10(19)5-6-15(13)24-3/h4-8,23H,1H2,2-3H3,(H,20,21,22). The molecule has 1 aliphatic rings. The Hall–Kier alpha value is -3.15. The number of amides is 1. The lowest BCUT2D eigenvalue weighted by Gasteiger charge is -2.16. The zero-order valence-electron chi connectivity index (χ0n) is 13.2. The molecule has 1 amide bonds. The number of anilines is 1. The summed E-state index contributed by atoms with van der Waals surface area (Å²) in [6.45, 7) is 5.62. The number of nitrogens with zero attached hydrogens (tertiary/aromatic N) is 1. The molecule has 3 rings (SSSR count). The van der Waals surface area contributed by atoms with Crippen LogP contribution >= 0.6 is 0 Å². The van der Waals surface area contributed by atoms with E-state index in [1.165, 1.54) is 25.3 Å². The molecule has 2 aromatic rings. The van der Waals surface area contributed by atoms with Crippen LogP contribution in [0.2, 0.25) is 0 Å². The van der Waals surface area contributed by atoms with Gasteiger partial charge in [-0.3, -0.25) is 4.79 Å². The summed E-state index contributed by atoms with van der Waals surface area (Å²) in [5.41, 5.74) is 3.56. The van der Waals surface area contributed by atoms with Crippen LogP contribution in [0.1, 0.15) is 16.7 Å². The molecule has 2 N–H and O–H groups in total. The maximum Gasteiger partial charge on any atom is 0.278 e. The van der Waals surface area contributed by atoms with Gasteiger partial charge >= 0.3 is 0 Å². The summed E-state index contributed by atoms with van der Waals surface area (Å²) in [5, 5.41) is 14.9. The highest BCUT2D eigenvalue weighted by Crippen LogP contribution is 2.40. The SMILES string of the molecule is C=Cc1c(-c2cc(F)ccc2OC)cc2c(c1C)NC(=O)/C2=N\O. The van der Waals surface area contributed by atoms with E-state index in [1.807, 2.05) is 6.92 Å². The van der Waals surface area contributed by atoms with E-state index in [0.29, 0.717) is 28.1 Å². The Morgan fingerprint density at radius 2 is 2.04 bits per heavy atom. The Labute approximate surface area is 138 Å². The van der Waals surface area contributed by atoms with Crippen molar-refractivity contribution < 1.29 is 19.1 Å². The average molecular weight is 326 g/mol. The molecule has 1 aliphatic heterocycles. The van der Waals surface area contributed by atoms with Crippen molar-refractivity contribution in [2.24, 2.45) is 5.16 Å². The van der Waals surface area contributed by atoms with Crippen LogP contribution < -0.4 is 10.1 Å². The summed E-state index contributed by atoms with van der Waals surface area (Å²) < 4.78 is 19.1. The van der Waals surface area contributed by atoms with Crippen molar-refractivity contribution in [3.05, 3.63) is 53.4 Å². The number of halogens is 1. The molecule has 0 aromatic heterocycles. The predicted octanol–water partition coefficient (Wildman–Crippen LogP) is 3.58. The third-order valence-electron chi connectivity index (χ3n) is 4.09. The van der Waals surface area contributed by atoms with Crippen LogP contribution in [-0.4, -0.2) is 23.9 Å². The van der Waals surface area contributed by atoms with Crippen molar-refractivity contribution in [1.29, 1.82) is 0 Å². The second-order valence-electron chi connectivity index (χ2n) is 5.34. The van der Waals surface area contributed by atoms with Crippen LogP contribution in [0.25, 0.3) is 17.2 Å². The van der Waals surface area contributed by atoms with Gasteiger partial charge in [-0.2, -0.15) is 0 Å². The summed E-state index contributed by atoms with van der Waals surface area (Å²) in [4.78, 5) is 11.9. The lowest BCUT2D eigenvalue weighted by Crippen LogP contribution is -2.14. The smallest absolute Gasteiger partial charge is 0.278 e. The molecular weight excluding hydrogens is 311 g/mol. The molecular formula is C18H15FN2O3. The molecule has 0 saturated heterocycles. The van der Waals surface area contributed by atoms with E-state index >= 15 is 0 Å². The molecule has 0 unspecified atom stereocenters. The van der Waals surface area contributed by atoms with E-state index in [1.54, 1.807) is 12.1 Å². The fourth-order valence-corrected chi connectivity index (χ4v) is 2.95. The largest absolute Gasteiger partial charge is 0.496 e. The van der Waals surface area contributed by atoms with E-state index in [4.69, 9.17) is 9.94 Å². The third kappa shape index (κ3) is 2.23. The fraction of sp³-hybridized carbons (Fsp3) is 0.111. The number of methoxy groups -OCH3 is 1. The average Bonchev–Trinajstić information content (AvgIpc) is 2.90. The van der Waals surface area contributed by atoms with Crippen LogP contribution in [-0.2, 0) is 4.79 Å². The zero-order chi connectivity index (χ0) is 17.4. The lowest BCUT2D eigenvalue weighted by molar-refractivity contribution is -0.110. The van der Waals surface area contributed by atoms with Gasteiger partial charge in [-0.1, -0.05) is 17.8 Å². The minimum absolute atomic E-state index is 0.0830. The van der Waals surface area contributed by atoms with Gasteiger partial charge in [0.2, 0.25) is 0 Å². The molecule has 122 valence electrons. The molecule has 0 bridgehead atoms. The topological polar surface area (TPSA) is 70.9 Å². The molecule has 0 fully saturated rings. The fourth-order valence-electron chi connectivity index (χ4n) is 2.95. The maximum atomic E-state index is 13.8. The monoisotopic (exact) mass is 326 g/mol. The highest BCUT2D eigenvalue weighted by molar-refractivity contribution is 6.54. The number of fused-ring (bicyclic) bond motifs is 1. The summed E-state index contributed by atoms with van der Waals surface area (Å²) in [5.74, 6) is -0.420. The van der Waals surface area contributed by atoms with Gasteiger partial charge in [0.15, 0.2) is 5.71 Å². The normalized spacial score (nSPS) is 14.5. The number of oxime groups is 1. The number of carbonyl (C=O) groups excluding carboxylic acids is 1. The summed E-state index contributed by atoms with van der Waals surface area (Å²) >= 11 is 0. The number of carbonyl (C=O) groups is 1. The van der Waals surface area contributed by atoms with Gasteiger partial charge < -0.3 is 15.3 Å². The number of nitrogens with one attached hydrogen (secondary N) is 1. The van der Waals surface area contributed by atoms with Crippen molar-refractivity contribution in [3.63, 3.8) is 0 Å². The van der Waals surface area contributed by atoms with Crippen molar-refractivity contribution in [2.75, 3.05) is 12.4 Å². The molecule has 0 spiro atoms. The molecule has 24 heavy (non-hydrogen) atoms. The second kappa shape index (κ2) is 5.81. The van der Waals surface area contributed by atoms with Gasteiger partial charge in [0.25, 0.3) is 5.91 Å². The molecule has 6 heteroatoms. The molecule has 0 aliphatic carbocycles. The first-order valence-electron chi connectivity index (χ1n) is 7.19. The van der Waals surface area contributed by atoms with Gasteiger partial charge in [-0.15, -0.1) is 0 Å². The first-order valence-corrected chi connectivity index (χ1v) is 7.19.